The van der Waals surface area contributed by atoms with E-state index in [1.54, 1.807) is 17.7 Å². The first-order valence-electron chi connectivity index (χ1n) is 8.38. The Labute approximate surface area is 165 Å². The van der Waals surface area contributed by atoms with E-state index in [4.69, 9.17) is 0 Å². The minimum atomic E-state index is 0.856. The van der Waals surface area contributed by atoms with Gasteiger partial charge in [-0.1, -0.05) is 46.3 Å². The van der Waals surface area contributed by atoms with Gasteiger partial charge in [0.05, 0.1) is 5.39 Å². The zero-order chi connectivity index (χ0) is 18.3. The van der Waals surface area contributed by atoms with Gasteiger partial charge in [0.2, 0.25) is 0 Å². The topological polar surface area (TPSA) is 37.8 Å². The van der Waals surface area contributed by atoms with Crippen LogP contribution in [-0.2, 0) is 0 Å². The van der Waals surface area contributed by atoms with Gasteiger partial charge in [0, 0.05) is 20.6 Å². The summed E-state index contributed by atoms with van der Waals surface area (Å²) >= 11 is 5.23. The van der Waals surface area contributed by atoms with E-state index in [0.29, 0.717) is 0 Å². The summed E-state index contributed by atoms with van der Waals surface area (Å²) in [6.07, 6.45) is 1.64. The number of nitrogens with one attached hydrogen (secondary N) is 1. The van der Waals surface area contributed by atoms with Gasteiger partial charge in [-0.15, -0.1) is 11.3 Å². The van der Waals surface area contributed by atoms with Crippen LogP contribution in [0, 0.1) is 20.8 Å². The molecule has 0 amide bonds. The molecule has 2 heterocycles. The maximum Gasteiger partial charge on any atom is 0.143 e. The third kappa shape index (κ3) is 3.02. The molecule has 4 aromatic rings. The van der Waals surface area contributed by atoms with E-state index < -0.39 is 0 Å². The smallest absolute Gasteiger partial charge is 0.143 e. The molecular weight excluding hydrogens is 406 g/mol. The second-order valence-corrected chi connectivity index (χ2v) is 8.45. The van der Waals surface area contributed by atoms with Gasteiger partial charge in [0.25, 0.3) is 0 Å². The minimum absolute atomic E-state index is 0.856. The molecule has 0 radical (unpaired) electrons. The summed E-state index contributed by atoms with van der Waals surface area (Å²) in [5.41, 5.74) is 5.89. The number of fused-ring (bicyclic) bond motifs is 1. The van der Waals surface area contributed by atoms with Crippen LogP contribution in [0.2, 0.25) is 0 Å². The van der Waals surface area contributed by atoms with Crippen LogP contribution in [0.5, 0.6) is 0 Å². The highest BCUT2D eigenvalue weighted by Gasteiger charge is 2.17. The van der Waals surface area contributed by atoms with E-state index in [-0.39, 0.29) is 0 Å². The molecule has 2 aromatic heterocycles. The Bertz CT molecular complexity index is 1080. The third-order valence-corrected chi connectivity index (χ3v) is 6.06. The molecular formula is C21H18BrN3S. The quantitative estimate of drug-likeness (QED) is 0.394. The largest absolute Gasteiger partial charge is 0.339 e. The molecule has 5 heteroatoms. The molecule has 3 nitrogen and oxygen atoms in total. The molecule has 0 spiro atoms. The normalized spacial score (nSPS) is 11.1. The summed E-state index contributed by atoms with van der Waals surface area (Å²) in [7, 11) is 0. The van der Waals surface area contributed by atoms with Crippen molar-refractivity contribution in [3.05, 3.63) is 69.3 Å². The lowest BCUT2D eigenvalue weighted by atomic mass is 10.0. The molecule has 0 aliphatic heterocycles. The van der Waals surface area contributed by atoms with Crippen LogP contribution in [-0.4, -0.2) is 9.97 Å². The number of hydrogen-bond acceptors (Lipinski definition) is 4. The van der Waals surface area contributed by atoms with E-state index >= 15 is 0 Å². The molecule has 1 N–H and O–H groups in total. The number of nitrogens with zero attached hydrogens (tertiary/aromatic N) is 2. The van der Waals surface area contributed by atoms with Gasteiger partial charge in [-0.25, -0.2) is 9.97 Å². The number of halogens is 1. The SMILES string of the molecule is Cc1cccc(C)c1Nc1ncnc2sc(C)c(-c3ccc(Br)cc3)c12. The van der Waals surface area contributed by atoms with Crippen molar-refractivity contribution >= 4 is 49.0 Å². The Hall–Kier alpha value is -2.24. The first kappa shape index (κ1) is 17.2. The summed E-state index contributed by atoms with van der Waals surface area (Å²) in [5.74, 6) is 0.856. The number of hydrogen-bond donors (Lipinski definition) is 1. The van der Waals surface area contributed by atoms with Crippen molar-refractivity contribution in [3.8, 4) is 11.1 Å². The van der Waals surface area contributed by atoms with Crippen molar-refractivity contribution in [1.82, 2.24) is 9.97 Å². The molecule has 4 rings (SSSR count). The van der Waals surface area contributed by atoms with Crippen molar-refractivity contribution < 1.29 is 0 Å². The van der Waals surface area contributed by atoms with Crippen molar-refractivity contribution in [3.63, 3.8) is 0 Å². The van der Waals surface area contributed by atoms with Gasteiger partial charge in [-0.2, -0.15) is 0 Å². The average molecular weight is 424 g/mol. The lowest BCUT2D eigenvalue weighted by Crippen LogP contribution is -1.99. The number of anilines is 2. The van der Waals surface area contributed by atoms with Crippen LogP contribution in [0.1, 0.15) is 16.0 Å². The molecule has 0 saturated carbocycles. The highest BCUT2D eigenvalue weighted by Crippen LogP contribution is 2.41. The molecule has 130 valence electrons. The lowest BCUT2D eigenvalue weighted by Gasteiger charge is -2.13. The fourth-order valence-corrected chi connectivity index (χ4v) is 4.51. The summed E-state index contributed by atoms with van der Waals surface area (Å²) in [4.78, 5) is 11.3. The summed E-state index contributed by atoms with van der Waals surface area (Å²) in [6.45, 7) is 6.37. The number of rotatable bonds is 3. The molecule has 0 aliphatic rings. The summed E-state index contributed by atoms with van der Waals surface area (Å²) in [5, 5.41) is 4.65. The lowest BCUT2D eigenvalue weighted by molar-refractivity contribution is 1.22. The second-order valence-electron chi connectivity index (χ2n) is 6.33. The van der Waals surface area contributed by atoms with Crippen LogP contribution < -0.4 is 5.32 Å². The molecule has 0 aliphatic carbocycles. The van der Waals surface area contributed by atoms with Gasteiger partial charge < -0.3 is 5.32 Å². The second kappa shape index (κ2) is 6.82. The molecule has 0 atom stereocenters. The van der Waals surface area contributed by atoms with Crippen LogP contribution in [0.3, 0.4) is 0 Å². The zero-order valence-corrected chi connectivity index (χ0v) is 17.2. The Balaban J connectivity index is 1.92. The number of benzene rings is 2. The predicted octanol–water partition coefficient (Wildman–Crippen LogP) is 6.79. The average Bonchev–Trinajstić information content (AvgIpc) is 2.96. The fourth-order valence-electron chi connectivity index (χ4n) is 3.23. The van der Waals surface area contributed by atoms with Gasteiger partial charge in [0.15, 0.2) is 0 Å². The first-order valence-corrected chi connectivity index (χ1v) is 9.99. The highest BCUT2D eigenvalue weighted by molar-refractivity contribution is 9.10. The van der Waals surface area contributed by atoms with Crippen molar-refractivity contribution in [2.24, 2.45) is 0 Å². The number of thiophene rings is 1. The summed E-state index contributed by atoms with van der Waals surface area (Å²) in [6, 6.07) is 14.7. The summed E-state index contributed by atoms with van der Waals surface area (Å²) < 4.78 is 1.07. The van der Waals surface area contributed by atoms with Crippen LogP contribution in [0.15, 0.2) is 53.3 Å². The number of aryl methyl sites for hydroxylation is 3. The van der Waals surface area contributed by atoms with E-state index in [0.717, 1.165) is 26.2 Å². The minimum Gasteiger partial charge on any atom is -0.339 e. The van der Waals surface area contributed by atoms with Gasteiger partial charge in [-0.05, 0) is 49.6 Å². The van der Waals surface area contributed by atoms with Crippen molar-refractivity contribution in [2.45, 2.75) is 20.8 Å². The molecule has 26 heavy (non-hydrogen) atoms. The predicted molar refractivity (Wildman–Crippen MR) is 114 cm³/mol. The maximum absolute atomic E-state index is 4.58. The Morgan fingerprint density at radius 2 is 1.62 bits per heavy atom. The van der Waals surface area contributed by atoms with Gasteiger partial charge in [0.1, 0.15) is 17.0 Å². The standard InChI is InChI=1S/C21H18BrN3S/c1-12-5-4-6-13(2)19(12)25-20-18-17(15-7-9-16(22)10-8-15)14(3)26-21(18)24-11-23-20/h4-11H,1-3H3,(H,23,24,25). The number of para-hydroxylation sites is 1. The first-order chi connectivity index (χ1) is 12.5. The van der Waals surface area contributed by atoms with Crippen LogP contribution >= 0.6 is 27.3 Å². The van der Waals surface area contributed by atoms with E-state index in [9.17, 15) is 0 Å². The highest BCUT2D eigenvalue weighted by atomic mass is 79.9. The van der Waals surface area contributed by atoms with E-state index in [1.165, 1.54) is 27.1 Å². The Morgan fingerprint density at radius 1 is 0.923 bits per heavy atom. The fraction of sp³-hybridized carbons (Fsp3) is 0.143. The van der Waals surface area contributed by atoms with Gasteiger partial charge in [-0.3, -0.25) is 0 Å². The van der Waals surface area contributed by atoms with E-state index in [1.807, 2.05) is 0 Å². The van der Waals surface area contributed by atoms with E-state index in [2.05, 4.69) is 94.5 Å². The van der Waals surface area contributed by atoms with Gasteiger partial charge >= 0.3 is 0 Å². The molecule has 0 unspecified atom stereocenters. The number of aromatic nitrogens is 2. The molecule has 0 fully saturated rings. The van der Waals surface area contributed by atoms with Crippen LogP contribution in [0.25, 0.3) is 21.3 Å². The molecule has 0 saturated heterocycles. The van der Waals surface area contributed by atoms with Crippen molar-refractivity contribution in [1.29, 1.82) is 0 Å². The Morgan fingerprint density at radius 3 is 2.31 bits per heavy atom. The molecule has 2 aromatic carbocycles. The third-order valence-electron chi connectivity index (χ3n) is 4.52. The Kier molecular flexibility index (Phi) is 4.51. The monoisotopic (exact) mass is 423 g/mol. The molecule has 0 bridgehead atoms. The maximum atomic E-state index is 4.58. The van der Waals surface area contributed by atoms with Crippen LogP contribution in [0.4, 0.5) is 11.5 Å². The van der Waals surface area contributed by atoms with Crippen molar-refractivity contribution in [2.75, 3.05) is 5.32 Å². The zero-order valence-electron chi connectivity index (χ0n) is 14.8.